The third kappa shape index (κ3) is 4.24. The van der Waals surface area contributed by atoms with Gasteiger partial charge in [0.1, 0.15) is 5.75 Å². The second-order valence-corrected chi connectivity index (χ2v) is 6.42. The molecule has 0 unspecified atom stereocenters. The highest BCUT2D eigenvalue weighted by atomic mass is 35.5. The van der Waals surface area contributed by atoms with E-state index < -0.39 is 0 Å². The number of hydrogen-bond acceptors (Lipinski definition) is 3. The fourth-order valence-electron chi connectivity index (χ4n) is 2.64. The Balaban J connectivity index is 1.66. The number of hydrogen-bond donors (Lipinski definition) is 1. The average Bonchev–Trinajstić information content (AvgIpc) is 3.00. The molecule has 2 aromatic carbocycles. The first-order chi connectivity index (χ1) is 12.0. The van der Waals surface area contributed by atoms with E-state index >= 15 is 0 Å². The van der Waals surface area contributed by atoms with Crippen molar-refractivity contribution in [2.24, 2.45) is 0 Å². The maximum absolute atomic E-state index is 12.2. The van der Waals surface area contributed by atoms with Crippen LogP contribution in [0.1, 0.15) is 12.8 Å². The molecule has 1 aliphatic rings. The monoisotopic (exact) mass is 378 g/mol. The summed E-state index contributed by atoms with van der Waals surface area (Å²) in [5.41, 5.74) is 1.27. The largest absolute Gasteiger partial charge is 0.482 e. The Labute approximate surface area is 155 Å². The molecule has 1 fully saturated rings. The zero-order valence-corrected chi connectivity index (χ0v) is 14.8. The van der Waals surface area contributed by atoms with E-state index in [0.717, 1.165) is 6.42 Å². The number of halogens is 2. The van der Waals surface area contributed by atoms with Crippen LogP contribution in [0.5, 0.6) is 5.75 Å². The van der Waals surface area contributed by atoms with E-state index in [2.05, 4.69) is 5.32 Å². The van der Waals surface area contributed by atoms with Crippen LogP contribution in [0, 0.1) is 0 Å². The molecule has 0 spiro atoms. The standard InChI is InChI=1S/C18H16Cl2N2O3/c19-12-7-8-16(13(20)10-12)25-11-17(23)21-14-4-1-2-5-15(14)22-9-3-6-18(22)24/h1-2,4-5,7-8,10H,3,6,9,11H2,(H,21,23). The number of carbonyl (C=O) groups excluding carboxylic acids is 2. The van der Waals surface area contributed by atoms with Crippen molar-refractivity contribution in [2.45, 2.75) is 12.8 Å². The van der Waals surface area contributed by atoms with Crippen LogP contribution >= 0.6 is 23.2 Å². The predicted octanol–water partition coefficient (Wildman–Crippen LogP) is 4.14. The Bertz CT molecular complexity index is 811. The molecular formula is C18H16Cl2N2O3. The molecule has 2 aromatic rings. The van der Waals surface area contributed by atoms with Crippen LogP contribution in [0.2, 0.25) is 10.0 Å². The second kappa shape index (κ2) is 7.76. The molecule has 0 radical (unpaired) electrons. The molecule has 3 rings (SSSR count). The summed E-state index contributed by atoms with van der Waals surface area (Å²) in [7, 11) is 0. The summed E-state index contributed by atoms with van der Waals surface area (Å²) >= 11 is 11.8. The highest BCUT2D eigenvalue weighted by molar-refractivity contribution is 6.35. The second-order valence-electron chi connectivity index (χ2n) is 5.58. The van der Waals surface area contributed by atoms with Gasteiger partial charge in [-0.15, -0.1) is 0 Å². The molecule has 7 heteroatoms. The normalized spacial score (nSPS) is 13.8. The maximum atomic E-state index is 12.2. The van der Waals surface area contributed by atoms with E-state index in [1.165, 1.54) is 0 Å². The molecule has 130 valence electrons. The van der Waals surface area contributed by atoms with Crippen LogP contribution in [-0.4, -0.2) is 25.0 Å². The Kier molecular flexibility index (Phi) is 5.46. The van der Waals surface area contributed by atoms with Gasteiger partial charge >= 0.3 is 0 Å². The van der Waals surface area contributed by atoms with Gasteiger partial charge in [-0.2, -0.15) is 0 Å². The van der Waals surface area contributed by atoms with Crippen LogP contribution in [0.15, 0.2) is 42.5 Å². The van der Waals surface area contributed by atoms with Gasteiger partial charge in [0.25, 0.3) is 5.91 Å². The third-order valence-electron chi connectivity index (χ3n) is 3.80. The zero-order valence-electron chi connectivity index (χ0n) is 13.3. The first kappa shape index (κ1) is 17.6. The van der Waals surface area contributed by atoms with E-state index in [4.69, 9.17) is 27.9 Å². The summed E-state index contributed by atoms with van der Waals surface area (Å²) in [6.07, 6.45) is 1.35. The van der Waals surface area contributed by atoms with Crippen molar-refractivity contribution in [3.63, 3.8) is 0 Å². The molecule has 2 amide bonds. The van der Waals surface area contributed by atoms with Crippen molar-refractivity contribution in [2.75, 3.05) is 23.4 Å². The third-order valence-corrected chi connectivity index (χ3v) is 4.33. The van der Waals surface area contributed by atoms with Crippen molar-refractivity contribution >= 4 is 46.4 Å². The number of para-hydroxylation sites is 2. The van der Waals surface area contributed by atoms with Crippen molar-refractivity contribution in [3.05, 3.63) is 52.5 Å². The lowest BCUT2D eigenvalue weighted by Gasteiger charge is -2.20. The Morgan fingerprint density at radius 3 is 2.72 bits per heavy atom. The first-order valence-electron chi connectivity index (χ1n) is 7.81. The summed E-state index contributed by atoms with van der Waals surface area (Å²) in [6.45, 7) is 0.451. The summed E-state index contributed by atoms with van der Waals surface area (Å²) in [4.78, 5) is 25.8. The van der Waals surface area contributed by atoms with Gasteiger partial charge in [0.05, 0.1) is 16.4 Å². The average molecular weight is 379 g/mol. The van der Waals surface area contributed by atoms with Crippen LogP contribution < -0.4 is 15.0 Å². The molecule has 0 aliphatic carbocycles. The molecule has 1 heterocycles. The van der Waals surface area contributed by atoms with E-state index in [1.54, 1.807) is 35.2 Å². The lowest BCUT2D eigenvalue weighted by Crippen LogP contribution is -2.26. The molecule has 5 nitrogen and oxygen atoms in total. The summed E-state index contributed by atoms with van der Waals surface area (Å²) in [5.74, 6) is 0.0974. The molecule has 0 atom stereocenters. The molecular weight excluding hydrogens is 363 g/mol. The van der Waals surface area contributed by atoms with Crippen LogP contribution in [0.3, 0.4) is 0 Å². The van der Waals surface area contributed by atoms with Gasteiger partial charge in [0.15, 0.2) is 6.61 Å². The predicted molar refractivity (Wildman–Crippen MR) is 98.6 cm³/mol. The van der Waals surface area contributed by atoms with Crippen LogP contribution in [-0.2, 0) is 9.59 Å². The fourth-order valence-corrected chi connectivity index (χ4v) is 3.10. The van der Waals surface area contributed by atoms with E-state index in [9.17, 15) is 9.59 Å². The van der Waals surface area contributed by atoms with Gasteiger partial charge in [0, 0.05) is 18.0 Å². The summed E-state index contributed by atoms with van der Waals surface area (Å²) < 4.78 is 5.43. The minimum Gasteiger partial charge on any atom is -0.482 e. The van der Waals surface area contributed by atoms with E-state index in [-0.39, 0.29) is 18.4 Å². The number of ether oxygens (including phenoxy) is 1. The zero-order chi connectivity index (χ0) is 17.8. The van der Waals surface area contributed by atoms with Gasteiger partial charge in [0.2, 0.25) is 5.91 Å². The Morgan fingerprint density at radius 2 is 2.00 bits per heavy atom. The minimum atomic E-state index is -0.342. The van der Waals surface area contributed by atoms with Crippen molar-refractivity contribution < 1.29 is 14.3 Å². The van der Waals surface area contributed by atoms with Gasteiger partial charge in [-0.3, -0.25) is 9.59 Å². The van der Waals surface area contributed by atoms with E-state index in [0.29, 0.717) is 40.1 Å². The summed E-state index contributed by atoms with van der Waals surface area (Å²) in [6, 6.07) is 12.0. The molecule has 0 aromatic heterocycles. The topological polar surface area (TPSA) is 58.6 Å². The molecule has 25 heavy (non-hydrogen) atoms. The number of nitrogens with zero attached hydrogens (tertiary/aromatic N) is 1. The number of rotatable bonds is 5. The number of anilines is 2. The SMILES string of the molecule is O=C(COc1ccc(Cl)cc1Cl)Nc1ccccc1N1CCCC1=O. The van der Waals surface area contributed by atoms with Gasteiger partial charge < -0.3 is 15.0 Å². The van der Waals surface area contributed by atoms with E-state index in [1.807, 2.05) is 12.1 Å². The lowest BCUT2D eigenvalue weighted by atomic mass is 10.2. The van der Waals surface area contributed by atoms with Gasteiger partial charge in [-0.1, -0.05) is 35.3 Å². The molecule has 0 bridgehead atoms. The van der Waals surface area contributed by atoms with Crippen LogP contribution in [0.25, 0.3) is 0 Å². The quantitative estimate of drug-likeness (QED) is 0.850. The Morgan fingerprint density at radius 1 is 1.20 bits per heavy atom. The number of benzene rings is 2. The fraction of sp³-hybridized carbons (Fsp3) is 0.222. The van der Waals surface area contributed by atoms with Gasteiger partial charge in [-0.25, -0.2) is 0 Å². The Hall–Kier alpha value is -2.24. The highest BCUT2D eigenvalue weighted by Gasteiger charge is 2.24. The molecule has 0 saturated carbocycles. The molecule has 1 saturated heterocycles. The van der Waals surface area contributed by atoms with Crippen molar-refractivity contribution in [3.8, 4) is 5.75 Å². The van der Waals surface area contributed by atoms with Crippen molar-refractivity contribution in [1.29, 1.82) is 0 Å². The first-order valence-corrected chi connectivity index (χ1v) is 8.57. The number of carbonyl (C=O) groups is 2. The van der Waals surface area contributed by atoms with Gasteiger partial charge in [-0.05, 0) is 36.8 Å². The number of nitrogens with one attached hydrogen (secondary N) is 1. The maximum Gasteiger partial charge on any atom is 0.262 e. The number of amides is 2. The lowest BCUT2D eigenvalue weighted by molar-refractivity contribution is -0.118. The highest BCUT2D eigenvalue weighted by Crippen LogP contribution is 2.30. The smallest absolute Gasteiger partial charge is 0.262 e. The molecule has 1 aliphatic heterocycles. The minimum absolute atomic E-state index is 0.0610. The molecule has 1 N–H and O–H groups in total. The van der Waals surface area contributed by atoms with Crippen LogP contribution in [0.4, 0.5) is 11.4 Å². The van der Waals surface area contributed by atoms with Crippen molar-refractivity contribution in [1.82, 2.24) is 0 Å². The summed E-state index contributed by atoms with van der Waals surface area (Å²) in [5, 5.41) is 3.61.